The largest absolute Gasteiger partial charge is 0.507 e. The molecule has 0 aliphatic carbocycles. The van der Waals surface area contributed by atoms with Crippen molar-refractivity contribution in [1.82, 2.24) is 14.7 Å². The van der Waals surface area contributed by atoms with E-state index in [2.05, 4.69) is 22.3 Å². The molecule has 1 aliphatic rings. The molecule has 2 N–H and O–H groups in total. The number of amides is 2. The maximum atomic E-state index is 13.1. The predicted octanol–water partition coefficient (Wildman–Crippen LogP) is 5.23. The lowest BCUT2D eigenvalue weighted by Gasteiger charge is -2.35. The zero-order valence-corrected chi connectivity index (χ0v) is 22.5. The number of nitrogens with zero attached hydrogens (tertiary/aromatic N) is 3. The first-order valence-corrected chi connectivity index (χ1v) is 12.8. The third-order valence-electron chi connectivity index (χ3n) is 6.16. The lowest BCUT2D eigenvalue weighted by atomic mass is 10.0. The van der Waals surface area contributed by atoms with Gasteiger partial charge in [-0.05, 0) is 83.4 Å². The highest BCUT2D eigenvalue weighted by atomic mass is 16.6. The van der Waals surface area contributed by atoms with Crippen LogP contribution in [0.1, 0.15) is 56.7 Å². The van der Waals surface area contributed by atoms with Crippen LogP contribution in [0.3, 0.4) is 0 Å². The molecule has 1 saturated heterocycles. The fourth-order valence-corrected chi connectivity index (χ4v) is 4.36. The first-order valence-electron chi connectivity index (χ1n) is 12.8. The van der Waals surface area contributed by atoms with Crippen LogP contribution >= 0.6 is 0 Å². The van der Waals surface area contributed by atoms with E-state index in [4.69, 9.17) is 4.74 Å². The van der Waals surface area contributed by atoms with Crippen LogP contribution in [0.25, 0.3) is 11.3 Å². The molecule has 1 fully saturated rings. The molecule has 2 aromatic carbocycles. The van der Waals surface area contributed by atoms with E-state index in [1.807, 2.05) is 65.2 Å². The molecule has 0 saturated carbocycles. The van der Waals surface area contributed by atoms with E-state index >= 15 is 0 Å². The second-order valence-corrected chi connectivity index (χ2v) is 10.6. The summed E-state index contributed by atoms with van der Waals surface area (Å²) < 4.78 is 7.18. The van der Waals surface area contributed by atoms with Crippen molar-refractivity contribution < 1.29 is 19.4 Å². The zero-order chi connectivity index (χ0) is 27.4. The summed E-state index contributed by atoms with van der Waals surface area (Å²) in [5.41, 5.74) is 3.74. The molecule has 2 amide bonds. The fourth-order valence-electron chi connectivity index (χ4n) is 4.36. The smallest absolute Gasteiger partial charge is 0.410 e. The molecule has 3 aromatic rings. The van der Waals surface area contributed by atoms with Crippen LogP contribution in [-0.4, -0.2) is 50.0 Å². The Balaban J connectivity index is 1.47. The van der Waals surface area contributed by atoms with Gasteiger partial charge in [-0.1, -0.05) is 23.5 Å². The number of nitrogens with one attached hydrogen (secondary N) is 1. The van der Waals surface area contributed by atoms with Crippen LogP contribution in [0.5, 0.6) is 5.75 Å². The molecule has 8 nitrogen and oxygen atoms in total. The number of hydrogen-bond acceptors (Lipinski definition) is 5. The van der Waals surface area contributed by atoms with E-state index < -0.39 is 17.7 Å². The molecule has 4 rings (SSSR count). The Bertz CT molecular complexity index is 1390. The van der Waals surface area contributed by atoms with Crippen LogP contribution in [0.4, 0.5) is 10.5 Å². The monoisotopic (exact) mass is 514 g/mol. The lowest BCUT2D eigenvalue weighted by molar-refractivity contribution is -0.122. The number of carbonyl (C=O) groups excluding carboxylic acids is 2. The number of aromatic nitrogens is 2. The third-order valence-corrected chi connectivity index (χ3v) is 6.16. The Kier molecular flexibility index (Phi) is 7.77. The number of ether oxygens (including phenoxy) is 1. The van der Waals surface area contributed by atoms with Crippen molar-refractivity contribution in [3.63, 3.8) is 0 Å². The quantitative estimate of drug-likeness (QED) is 0.467. The second kappa shape index (κ2) is 11.0. The van der Waals surface area contributed by atoms with E-state index in [0.717, 1.165) is 24.0 Å². The highest BCUT2D eigenvalue weighted by Gasteiger charge is 2.34. The minimum absolute atomic E-state index is 0.153. The SMILES string of the molecule is Cc1ccc(O)c(-c2nn(C)cc2C#Cc2ccc(NC(=O)C3CCCCN3C(=O)OC(C)(C)C)cc2)c1. The number of carbonyl (C=O) groups is 2. The minimum atomic E-state index is -0.622. The Morgan fingerprint density at radius 2 is 1.84 bits per heavy atom. The number of likely N-dealkylation sites (tertiary alicyclic amines) is 1. The minimum Gasteiger partial charge on any atom is -0.507 e. The maximum absolute atomic E-state index is 13.1. The van der Waals surface area contributed by atoms with Gasteiger partial charge in [-0.25, -0.2) is 4.79 Å². The molecule has 0 spiro atoms. The van der Waals surface area contributed by atoms with Gasteiger partial charge in [-0.15, -0.1) is 0 Å². The zero-order valence-electron chi connectivity index (χ0n) is 22.5. The average Bonchev–Trinajstić information content (AvgIpc) is 3.24. The van der Waals surface area contributed by atoms with Gasteiger partial charge < -0.3 is 15.2 Å². The van der Waals surface area contributed by atoms with E-state index in [0.29, 0.717) is 35.5 Å². The van der Waals surface area contributed by atoms with Gasteiger partial charge >= 0.3 is 6.09 Å². The van der Waals surface area contributed by atoms with Gasteiger partial charge in [0, 0.05) is 36.6 Å². The summed E-state index contributed by atoms with van der Waals surface area (Å²) in [6.07, 6.45) is 3.68. The van der Waals surface area contributed by atoms with Gasteiger partial charge in [-0.2, -0.15) is 5.10 Å². The van der Waals surface area contributed by atoms with Crippen molar-refractivity contribution in [2.75, 3.05) is 11.9 Å². The summed E-state index contributed by atoms with van der Waals surface area (Å²) in [6.45, 7) is 7.90. The summed E-state index contributed by atoms with van der Waals surface area (Å²) in [7, 11) is 1.81. The Hall–Kier alpha value is -4.25. The summed E-state index contributed by atoms with van der Waals surface area (Å²) >= 11 is 0. The van der Waals surface area contributed by atoms with Crippen molar-refractivity contribution in [1.29, 1.82) is 0 Å². The van der Waals surface area contributed by atoms with Gasteiger partial charge in [0.05, 0.1) is 5.56 Å². The van der Waals surface area contributed by atoms with Crippen LogP contribution in [0.2, 0.25) is 0 Å². The summed E-state index contributed by atoms with van der Waals surface area (Å²) in [5.74, 6) is 6.22. The number of anilines is 1. The highest BCUT2D eigenvalue weighted by Crippen LogP contribution is 2.31. The third kappa shape index (κ3) is 6.54. The fraction of sp³-hybridized carbons (Fsp3) is 0.367. The number of aromatic hydroxyl groups is 1. The van der Waals surface area contributed by atoms with Crippen molar-refractivity contribution >= 4 is 17.7 Å². The van der Waals surface area contributed by atoms with Gasteiger partial charge in [0.2, 0.25) is 5.91 Å². The standard InChI is InChI=1S/C30H34N4O4/c1-20-9-16-26(35)24(18-20)27-22(19-33(5)32-27)13-10-21-11-14-23(15-12-21)31-28(36)25-8-6-7-17-34(25)29(37)38-30(2,3)4/h9,11-12,14-16,18-19,25,35H,6-8,17H2,1-5H3,(H,31,36). The van der Waals surface area contributed by atoms with E-state index in [9.17, 15) is 14.7 Å². The number of piperidine rings is 1. The molecule has 38 heavy (non-hydrogen) atoms. The summed E-state index contributed by atoms with van der Waals surface area (Å²) in [4.78, 5) is 27.2. The molecule has 198 valence electrons. The normalized spacial score (nSPS) is 15.4. The second-order valence-electron chi connectivity index (χ2n) is 10.6. The Labute approximate surface area is 223 Å². The molecular formula is C30H34N4O4. The molecule has 1 aliphatic heterocycles. The molecule has 1 aromatic heterocycles. The van der Waals surface area contributed by atoms with Crippen molar-refractivity contribution in [2.45, 2.75) is 58.6 Å². The number of aryl methyl sites for hydroxylation is 2. The van der Waals surface area contributed by atoms with Crippen LogP contribution in [0, 0.1) is 18.8 Å². The number of phenols is 1. The van der Waals surface area contributed by atoms with E-state index in [1.54, 1.807) is 22.9 Å². The number of hydrogen-bond donors (Lipinski definition) is 2. The van der Waals surface area contributed by atoms with Crippen LogP contribution < -0.4 is 5.32 Å². The number of phenolic OH excluding ortho intramolecular Hbond substituents is 1. The van der Waals surface area contributed by atoms with E-state index in [1.165, 1.54) is 4.90 Å². The van der Waals surface area contributed by atoms with Crippen molar-refractivity contribution in [2.24, 2.45) is 7.05 Å². The number of rotatable bonds is 3. The summed E-state index contributed by atoms with van der Waals surface area (Å²) in [6, 6.07) is 12.1. The van der Waals surface area contributed by atoms with Crippen LogP contribution in [-0.2, 0) is 16.6 Å². The topological polar surface area (TPSA) is 96.7 Å². The van der Waals surface area contributed by atoms with Gasteiger partial charge in [0.25, 0.3) is 0 Å². The van der Waals surface area contributed by atoms with Gasteiger partial charge in [-0.3, -0.25) is 14.4 Å². The molecule has 1 unspecified atom stereocenters. The highest BCUT2D eigenvalue weighted by molar-refractivity contribution is 5.96. The first kappa shape index (κ1) is 26.8. The first-order chi connectivity index (χ1) is 18.0. The number of benzene rings is 2. The Morgan fingerprint density at radius 1 is 1.11 bits per heavy atom. The maximum Gasteiger partial charge on any atom is 0.410 e. The molecule has 0 bridgehead atoms. The molecule has 2 heterocycles. The van der Waals surface area contributed by atoms with E-state index in [-0.39, 0.29) is 11.7 Å². The molecule has 8 heteroatoms. The molecule has 1 atom stereocenters. The molecular weight excluding hydrogens is 480 g/mol. The Morgan fingerprint density at radius 3 is 2.55 bits per heavy atom. The summed E-state index contributed by atoms with van der Waals surface area (Å²) in [5, 5.41) is 17.8. The van der Waals surface area contributed by atoms with Crippen molar-refractivity contribution in [3.05, 3.63) is 65.4 Å². The van der Waals surface area contributed by atoms with Gasteiger partial charge in [0.15, 0.2) is 0 Å². The van der Waals surface area contributed by atoms with Crippen LogP contribution in [0.15, 0.2) is 48.7 Å². The van der Waals surface area contributed by atoms with Gasteiger partial charge in [0.1, 0.15) is 23.1 Å². The average molecular weight is 515 g/mol. The lowest BCUT2D eigenvalue weighted by Crippen LogP contribution is -2.51. The molecule has 0 radical (unpaired) electrons. The van der Waals surface area contributed by atoms with Crippen molar-refractivity contribution in [3.8, 4) is 28.8 Å². The predicted molar refractivity (Wildman–Crippen MR) is 147 cm³/mol.